The molecule has 0 spiro atoms. The highest BCUT2D eigenvalue weighted by Crippen LogP contribution is 2.59. The van der Waals surface area contributed by atoms with Crippen molar-refractivity contribution in [3.63, 3.8) is 0 Å². The van der Waals surface area contributed by atoms with Crippen molar-refractivity contribution in [2.24, 2.45) is 11.8 Å². The van der Waals surface area contributed by atoms with Crippen LogP contribution < -0.4 is 9.46 Å². The Labute approximate surface area is 207 Å². The number of aliphatic hydroxyl groups excluding tert-OH is 1. The summed E-state index contributed by atoms with van der Waals surface area (Å²) >= 11 is 5.96. The summed E-state index contributed by atoms with van der Waals surface area (Å²) in [5.74, 6) is -3.60. The molecule has 2 aromatic carbocycles. The van der Waals surface area contributed by atoms with Gasteiger partial charge < -0.3 is 9.84 Å². The number of nitrogens with one attached hydrogen (secondary N) is 1. The summed E-state index contributed by atoms with van der Waals surface area (Å²) in [5, 5.41) is 8.79. The van der Waals surface area contributed by atoms with E-state index >= 15 is 4.39 Å². The van der Waals surface area contributed by atoms with E-state index in [0.29, 0.717) is 5.02 Å². The van der Waals surface area contributed by atoms with E-state index in [1.807, 2.05) is 0 Å². The molecule has 1 saturated heterocycles. The van der Waals surface area contributed by atoms with E-state index in [1.54, 1.807) is 0 Å². The second kappa shape index (κ2) is 8.65. The van der Waals surface area contributed by atoms with Gasteiger partial charge in [-0.25, -0.2) is 30.3 Å². The lowest BCUT2D eigenvalue weighted by molar-refractivity contribution is 0.0481. The van der Waals surface area contributed by atoms with Crippen molar-refractivity contribution in [1.29, 1.82) is 0 Å². The predicted molar refractivity (Wildman–Crippen MR) is 124 cm³/mol. The topological polar surface area (TPSA) is 110 Å². The minimum Gasteiger partial charge on any atom is -0.490 e. The van der Waals surface area contributed by atoms with Gasteiger partial charge in [0.25, 0.3) is 0 Å². The highest BCUT2D eigenvalue weighted by atomic mass is 35.5. The van der Waals surface area contributed by atoms with Crippen LogP contribution in [0.2, 0.25) is 5.02 Å². The quantitative estimate of drug-likeness (QED) is 0.608. The molecule has 2 heterocycles. The molecule has 0 aromatic heterocycles. The van der Waals surface area contributed by atoms with E-state index in [2.05, 4.69) is 4.72 Å². The molecule has 0 unspecified atom stereocenters. The van der Waals surface area contributed by atoms with E-state index < -0.39 is 65.1 Å². The Balaban J connectivity index is 1.73. The van der Waals surface area contributed by atoms with Gasteiger partial charge in [0.05, 0.1) is 22.3 Å². The minimum absolute atomic E-state index is 0.0252. The molecule has 2 aliphatic heterocycles. The van der Waals surface area contributed by atoms with Gasteiger partial charge in [-0.3, -0.25) is 0 Å². The summed E-state index contributed by atoms with van der Waals surface area (Å²) in [7, 11) is -8.06. The lowest BCUT2D eigenvalue weighted by Gasteiger charge is -2.54. The zero-order valence-electron chi connectivity index (χ0n) is 18.5. The zero-order valence-corrected chi connectivity index (χ0v) is 20.8. The zero-order chi connectivity index (χ0) is 25.2. The van der Waals surface area contributed by atoms with E-state index in [0.717, 1.165) is 12.1 Å². The molecule has 0 amide bonds. The van der Waals surface area contributed by atoms with Crippen LogP contribution in [0.1, 0.15) is 31.2 Å². The molecule has 3 aliphatic rings. The summed E-state index contributed by atoms with van der Waals surface area (Å²) in [5.41, 5.74) is -0.353. The SMILES string of the molecule is O=S1(=O)N[C@H]2CC[C@@]3(S(=O)(=O)c4ccc(Cl)cc4)c4c(F)ccc(F)c4OC[C@H]3[C@H]2C[C@H]1CCO. The van der Waals surface area contributed by atoms with Crippen molar-refractivity contribution >= 4 is 31.5 Å². The molecular weight excluding hydrogens is 524 g/mol. The van der Waals surface area contributed by atoms with Crippen molar-refractivity contribution in [2.45, 2.75) is 46.6 Å². The van der Waals surface area contributed by atoms with Crippen LogP contribution in [0.25, 0.3) is 0 Å². The molecule has 1 saturated carbocycles. The lowest BCUT2D eigenvalue weighted by Crippen LogP contribution is -2.63. The van der Waals surface area contributed by atoms with Gasteiger partial charge in [0, 0.05) is 23.6 Å². The first-order chi connectivity index (χ1) is 16.5. The third-order valence-corrected chi connectivity index (χ3v) is 12.4. The van der Waals surface area contributed by atoms with Crippen LogP contribution in [0.3, 0.4) is 0 Å². The van der Waals surface area contributed by atoms with E-state index in [9.17, 15) is 26.3 Å². The van der Waals surface area contributed by atoms with Gasteiger partial charge in [0.1, 0.15) is 10.6 Å². The highest BCUT2D eigenvalue weighted by Gasteiger charge is 2.64. The van der Waals surface area contributed by atoms with Crippen molar-refractivity contribution in [3.05, 3.63) is 58.6 Å². The van der Waals surface area contributed by atoms with Gasteiger partial charge in [0.15, 0.2) is 21.4 Å². The van der Waals surface area contributed by atoms with Crippen LogP contribution >= 0.6 is 11.6 Å². The molecule has 0 bridgehead atoms. The molecule has 0 radical (unpaired) electrons. The summed E-state index contributed by atoms with van der Waals surface area (Å²) in [6.07, 6.45) is 0.0174. The largest absolute Gasteiger partial charge is 0.490 e. The first kappa shape index (κ1) is 24.9. The van der Waals surface area contributed by atoms with Crippen molar-refractivity contribution in [2.75, 3.05) is 13.2 Å². The Morgan fingerprint density at radius 1 is 1.14 bits per heavy atom. The number of aliphatic hydroxyl groups is 1. The molecule has 7 nitrogen and oxygen atoms in total. The lowest BCUT2D eigenvalue weighted by atomic mass is 9.64. The fourth-order valence-electron chi connectivity index (χ4n) is 6.13. The maximum absolute atomic E-state index is 15.4. The third-order valence-electron chi connectivity index (χ3n) is 7.69. The number of sulfone groups is 1. The molecule has 1 aliphatic carbocycles. The number of rotatable bonds is 4. The molecule has 35 heavy (non-hydrogen) atoms. The van der Waals surface area contributed by atoms with Crippen LogP contribution in [-0.4, -0.2) is 46.4 Å². The molecule has 2 aromatic rings. The Kier molecular flexibility index (Phi) is 6.15. The van der Waals surface area contributed by atoms with Crippen LogP contribution in [-0.2, 0) is 24.6 Å². The maximum Gasteiger partial charge on any atom is 0.214 e. The third kappa shape index (κ3) is 3.69. The fraction of sp³-hybridized carbons (Fsp3) is 0.478. The summed E-state index contributed by atoms with van der Waals surface area (Å²) in [4.78, 5) is -0.0924. The molecular formula is C23H24ClF2NO6S2. The van der Waals surface area contributed by atoms with Crippen molar-refractivity contribution in [1.82, 2.24) is 4.72 Å². The number of fused-ring (bicyclic) bond motifs is 5. The average molecular weight is 548 g/mol. The molecule has 190 valence electrons. The van der Waals surface area contributed by atoms with Gasteiger partial charge in [0.2, 0.25) is 10.0 Å². The van der Waals surface area contributed by atoms with Crippen LogP contribution in [0, 0.1) is 23.5 Å². The number of hydrogen-bond acceptors (Lipinski definition) is 6. The number of sulfonamides is 1. The number of halogens is 3. The summed E-state index contributed by atoms with van der Waals surface area (Å²) in [6, 6.07) is 6.70. The van der Waals surface area contributed by atoms with E-state index in [-0.39, 0.29) is 49.4 Å². The van der Waals surface area contributed by atoms with Crippen LogP contribution in [0.4, 0.5) is 8.78 Å². The second-order valence-electron chi connectivity index (χ2n) is 9.34. The minimum atomic E-state index is -4.33. The standard InChI is InChI=1S/C23H24ClF2NO6S2/c24-13-1-3-14(4-2-13)34(29,30)23-9-7-20-16(11-15(8-10-28)35(31,32)27-20)17(23)12-33-22-19(26)6-5-18(25)21(22)23/h1-6,15-17,20,27-28H,7-12H2/t15-,16-,17+,20+,23+/m1/s1. The smallest absolute Gasteiger partial charge is 0.214 e. The molecule has 2 N–H and O–H groups in total. The average Bonchev–Trinajstić information content (AvgIpc) is 2.81. The fourth-order valence-corrected chi connectivity index (χ4v) is 10.5. The van der Waals surface area contributed by atoms with Crippen LogP contribution in [0.5, 0.6) is 5.75 Å². The van der Waals surface area contributed by atoms with Gasteiger partial charge >= 0.3 is 0 Å². The number of hydrogen-bond donors (Lipinski definition) is 2. The number of benzene rings is 2. The van der Waals surface area contributed by atoms with Gasteiger partial charge in [-0.15, -0.1) is 0 Å². The maximum atomic E-state index is 15.4. The van der Waals surface area contributed by atoms with Gasteiger partial charge in [-0.1, -0.05) is 11.6 Å². The Morgan fingerprint density at radius 2 is 1.83 bits per heavy atom. The van der Waals surface area contributed by atoms with E-state index in [1.165, 1.54) is 24.3 Å². The Bertz CT molecular complexity index is 1370. The first-order valence-corrected chi connectivity index (χ1v) is 14.7. The van der Waals surface area contributed by atoms with Crippen LogP contribution in [0.15, 0.2) is 41.3 Å². The summed E-state index contributed by atoms with van der Waals surface area (Å²) < 4.78 is 90.8. The molecule has 2 fully saturated rings. The molecule has 12 heteroatoms. The summed E-state index contributed by atoms with van der Waals surface area (Å²) in [6.45, 7) is -0.587. The second-order valence-corrected chi connectivity index (χ2v) is 14.0. The van der Waals surface area contributed by atoms with Gasteiger partial charge in [-0.2, -0.15) is 0 Å². The van der Waals surface area contributed by atoms with Crippen molar-refractivity contribution in [3.8, 4) is 5.75 Å². The van der Waals surface area contributed by atoms with Gasteiger partial charge in [-0.05, 0) is 68.0 Å². The van der Waals surface area contributed by atoms with E-state index in [4.69, 9.17) is 16.3 Å². The Morgan fingerprint density at radius 3 is 2.51 bits per heavy atom. The first-order valence-electron chi connectivity index (χ1n) is 11.3. The normalized spacial score (nSPS) is 31.5. The monoisotopic (exact) mass is 547 g/mol. The molecule has 5 rings (SSSR count). The Hall–Kier alpha value is -1.79. The van der Waals surface area contributed by atoms with Crippen molar-refractivity contribution < 1.29 is 35.5 Å². The number of ether oxygens (including phenoxy) is 1. The molecule has 5 atom stereocenters. The highest BCUT2D eigenvalue weighted by molar-refractivity contribution is 7.92. The predicted octanol–water partition coefficient (Wildman–Crippen LogP) is 3.15.